The Morgan fingerprint density at radius 1 is 1.53 bits per heavy atom. The number of hydrogen-bond donors (Lipinski definition) is 1. The summed E-state index contributed by atoms with van der Waals surface area (Å²) in [5.41, 5.74) is 0. The van der Waals surface area contributed by atoms with Gasteiger partial charge in [-0.1, -0.05) is 6.92 Å². The van der Waals surface area contributed by atoms with Crippen molar-refractivity contribution < 1.29 is 13.5 Å². The Balaban J connectivity index is 2.74. The maximum absolute atomic E-state index is 11.3. The van der Waals surface area contributed by atoms with Crippen LogP contribution in [0.3, 0.4) is 0 Å². The minimum atomic E-state index is -3.22. The molecule has 1 heterocycles. The van der Waals surface area contributed by atoms with Crippen LogP contribution in [0.15, 0.2) is 12.4 Å². The summed E-state index contributed by atoms with van der Waals surface area (Å²) < 4.78 is 24.6. The minimum Gasteiger partial charge on any atom is -0.391 e. The van der Waals surface area contributed by atoms with Crippen LogP contribution in [0.25, 0.3) is 0 Å². The third kappa shape index (κ3) is 3.81. The van der Waals surface area contributed by atoms with Crippen molar-refractivity contribution in [1.29, 1.82) is 0 Å². The van der Waals surface area contributed by atoms with E-state index < -0.39 is 21.2 Å². The second kappa shape index (κ2) is 5.64. The molecule has 98 valence electrons. The van der Waals surface area contributed by atoms with Gasteiger partial charge >= 0.3 is 0 Å². The van der Waals surface area contributed by atoms with Gasteiger partial charge in [-0.15, -0.1) is 0 Å². The molecule has 0 amide bonds. The van der Waals surface area contributed by atoms with Crippen LogP contribution in [-0.4, -0.2) is 40.7 Å². The lowest BCUT2D eigenvalue weighted by Gasteiger charge is -2.17. The van der Waals surface area contributed by atoms with E-state index in [1.165, 1.54) is 6.92 Å². The number of aryl methyl sites for hydroxylation is 1. The SMILES string of the molecule is CCCn1ccnc1CC(O)C(C)S(C)(=O)=O. The van der Waals surface area contributed by atoms with Crippen molar-refractivity contribution in [1.82, 2.24) is 9.55 Å². The number of aromatic nitrogens is 2. The van der Waals surface area contributed by atoms with E-state index in [2.05, 4.69) is 11.9 Å². The van der Waals surface area contributed by atoms with E-state index in [1.54, 1.807) is 6.20 Å². The van der Waals surface area contributed by atoms with E-state index >= 15 is 0 Å². The Morgan fingerprint density at radius 2 is 2.18 bits per heavy atom. The van der Waals surface area contributed by atoms with Crippen LogP contribution in [0.5, 0.6) is 0 Å². The average Bonchev–Trinajstić information content (AvgIpc) is 2.64. The number of nitrogens with zero attached hydrogens (tertiary/aromatic N) is 2. The third-order valence-electron chi connectivity index (χ3n) is 2.88. The van der Waals surface area contributed by atoms with E-state index in [4.69, 9.17) is 0 Å². The third-order valence-corrected chi connectivity index (χ3v) is 4.54. The van der Waals surface area contributed by atoms with Gasteiger partial charge in [0.15, 0.2) is 9.84 Å². The largest absolute Gasteiger partial charge is 0.391 e. The van der Waals surface area contributed by atoms with Gasteiger partial charge in [-0.3, -0.25) is 0 Å². The Labute approximate surface area is 102 Å². The molecule has 1 rings (SSSR count). The summed E-state index contributed by atoms with van der Waals surface area (Å²) in [7, 11) is -3.22. The highest BCUT2D eigenvalue weighted by molar-refractivity contribution is 7.91. The Morgan fingerprint density at radius 3 is 2.71 bits per heavy atom. The molecule has 17 heavy (non-hydrogen) atoms. The van der Waals surface area contributed by atoms with E-state index in [9.17, 15) is 13.5 Å². The standard InChI is InChI=1S/C11H20N2O3S/c1-4-6-13-7-5-12-11(13)8-10(14)9(2)17(3,15)16/h5,7,9-10,14H,4,6,8H2,1-3H3. The molecule has 0 saturated carbocycles. The molecular weight excluding hydrogens is 240 g/mol. The van der Waals surface area contributed by atoms with Gasteiger partial charge in [0.25, 0.3) is 0 Å². The maximum Gasteiger partial charge on any atom is 0.152 e. The zero-order valence-electron chi connectivity index (χ0n) is 10.5. The second-order valence-corrected chi connectivity index (χ2v) is 6.75. The molecule has 6 heteroatoms. The van der Waals surface area contributed by atoms with Gasteiger partial charge in [-0.05, 0) is 13.3 Å². The summed E-state index contributed by atoms with van der Waals surface area (Å²) in [6.07, 6.45) is 4.98. The summed E-state index contributed by atoms with van der Waals surface area (Å²) in [5, 5.41) is 9.12. The van der Waals surface area contributed by atoms with Gasteiger partial charge in [0.2, 0.25) is 0 Å². The summed E-state index contributed by atoms with van der Waals surface area (Å²) in [4.78, 5) is 4.15. The van der Waals surface area contributed by atoms with Crippen LogP contribution in [0, 0.1) is 0 Å². The average molecular weight is 260 g/mol. The normalized spacial score (nSPS) is 15.8. The molecule has 0 aromatic carbocycles. The van der Waals surface area contributed by atoms with Crippen molar-refractivity contribution in [2.45, 2.75) is 44.6 Å². The van der Waals surface area contributed by atoms with Crippen LogP contribution in [-0.2, 0) is 22.8 Å². The predicted octanol–water partition coefficient (Wildman–Crippen LogP) is 0.630. The van der Waals surface area contributed by atoms with Crippen LogP contribution >= 0.6 is 0 Å². The van der Waals surface area contributed by atoms with Gasteiger partial charge in [-0.2, -0.15) is 0 Å². The van der Waals surface area contributed by atoms with E-state index in [0.717, 1.165) is 25.0 Å². The lowest BCUT2D eigenvalue weighted by molar-refractivity contribution is 0.169. The predicted molar refractivity (Wildman–Crippen MR) is 66.5 cm³/mol. The van der Waals surface area contributed by atoms with Gasteiger partial charge in [0.1, 0.15) is 5.82 Å². The molecule has 0 saturated heterocycles. The fourth-order valence-electron chi connectivity index (χ4n) is 1.61. The first-order valence-corrected chi connectivity index (χ1v) is 7.68. The van der Waals surface area contributed by atoms with E-state index in [1.807, 2.05) is 10.8 Å². The Hall–Kier alpha value is -0.880. The Kier molecular flexibility index (Phi) is 4.70. The fourth-order valence-corrected chi connectivity index (χ4v) is 2.28. The van der Waals surface area contributed by atoms with Gasteiger partial charge in [0.05, 0.1) is 11.4 Å². The molecule has 0 spiro atoms. The molecule has 2 atom stereocenters. The fraction of sp³-hybridized carbons (Fsp3) is 0.727. The highest BCUT2D eigenvalue weighted by atomic mass is 32.2. The molecule has 1 aromatic heterocycles. The number of rotatable bonds is 6. The molecule has 0 bridgehead atoms. The first-order valence-electron chi connectivity index (χ1n) is 5.73. The second-order valence-electron chi connectivity index (χ2n) is 4.34. The monoisotopic (exact) mass is 260 g/mol. The minimum absolute atomic E-state index is 0.265. The molecule has 1 N–H and O–H groups in total. The maximum atomic E-state index is 11.3. The number of hydrogen-bond acceptors (Lipinski definition) is 4. The quantitative estimate of drug-likeness (QED) is 0.814. The van der Waals surface area contributed by atoms with Crippen molar-refractivity contribution in [3.63, 3.8) is 0 Å². The number of aliphatic hydroxyl groups is 1. The van der Waals surface area contributed by atoms with Crippen molar-refractivity contribution in [3.05, 3.63) is 18.2 Å². The molecular formula is C11H20N2O3S. The smallest absolute Gasteiger partial charge is 0.152 e. The molecule has 0 aliphatic carbocycles. The zero-order chi connectivity index (χ0) is 13.1. The molecule has 0 aliphatic rings. The van der Waals surface area contributed by atoms with E-state index in [-0.39, 0.29) is 6.42 Å². The number of sulfone groups is 1. The first-order chi connectivity index (χ1) is 7.86. The Bertz CT molecular complexity index is 453. The molecule has 2 unspecified atom stereocenters. The molecule has 5 nitrogen and oxygen atoms in total. The lowest BCUT2D eigenvalue weighted by atomic mass is 10.2. The summed E-state index contributed by atoms with van der Waals surface area (Å²) in [6.45, 7) is 4.40. The lowest BCUT2D eigenvalue weighted by Crippen LogP contribution is -2.33. The van der Waals surface area contributed by atoms with Crippen molar-refractivity contribution >= 4 is 9.84 Å². The van der Waals surface area contributed by atoms with Crippen LogP contribution < -0.4 is 0 Å². The zero-order valence-corrected chi connectivity index (χ0v) is 11.3. The number of imidazole rings is 1. The molecule has 0 fully saturated rings. The van der Waals surface area contributed by atoms with Crippen molar-refractivity contribution in [3.8, 4) is 0 Å². The topological polar surface area (TPSA) is 72.2 Å². The van der Waals surface area contributed by atoms with Gasteiger partial charge in [0, 0.05) is 31.6 Å². The summed E-state index contributed by atoms with van der Waals surface area (Å²) in [6, 6.07) is 0. The summed E-state index contributed by atoms with van der Waals surface area (Å²) >= 11 is 0. The number of aliphatic hydroxyl groups excluding tert-OH is 1. The van der Waals surface area contributed by atoms with Crippen LogP contribution in [0.1, 0.15) is 26.1 Å². The summed E-state index contributed by atoms with van der Waals surface area (Å²) in [5.74, 6) is 0.731. The van der Waals surface area contributed by atoms with Gasteiger partial charge < -0.3 is 9.67 Å². The molecule has 1 aromatic rings. The van der Waals surface area contributed by atoms with Gasteiger partial charge in [-0.25, -0.2) is 13.4 Å². The van der Waals surface area contributed by atoms with Crippen molar-refractivity contribution in [2.75, 3.05) is 6.26 Å². The highest BCUT2D eigenvalue weighted by Gasteiger charge is 2.25. The van der Waals surface area contributed by atoms with Crippen LogP contribution in [0.2, 0.25) is 0 Å². The molecule has 0 aliphatic heterocycles. The first kappa shape index (κ1) is 14.2. The molecule has 0 radical (unpaired) electrons. The highest BCUT2D eigenvalue weighted by Crippen LogP contribution is 2.10. The van der Waals surface area contributed by atoms with Crippen LogP contribution in [0.4, 0.5) is 0 Å². The van der Waals surface area contributed by atoms with E-state index in [0.29, 0.717) is 0 Å². The van der Waals surface area contributed by atoms with Crippen molar-refractivity contribution in [2.24, 2.45) is 0 Å².